The maximum atomic E-state index is 10.2. The molecular formula is C14H23NO3. The Balaban J connectivity index is 2.89. The molecule has 2 unspecified atom stereocenters. The van der Waals surface area contributed by atoms with Gasteiger partial charge in [-0.3, -0.25) is 0 Å². The fourth-order valence-corrected chi connectivity index (χ4v) is 1.96. The van der Waals surface area contributed by atoms with Gasteiger partial charge in [0.2, 0.25) is 0 Å². The first-order chi connectivity index (χ1) is 8.49. The van der Waals surface area contributed by atoms with Crippen molar-refractivity contribution in [3.05, 3.63) is 23.8 Å². The molecule has 4 heteroatoms. The van der Waals surface area contributed by atoms with Crippen LogP contribution in [0.4, 0.5) is 0 Å². The first-order valence-electron chi connectivity index (χ1n) is 6.15. The Labute approximate surface area is 109 Å². The molecule has 0 aliphatic carbocycles. The summed E-state index contributed by atoms with van der Waals surface area (Å²) in [5.41, 5.74) is 6.74. The van der Waals surface area contributed by atoms with E-state index < -0.39 is 6.10 Å². The molecule has 18 heavy (non-hydrogen) atoms. The third kappa shape index (κ3) is 3.62. The van der Waals surface area contributed by atoms with Crippen molar-refractivity contribution in [1.29, 1.82) is 0 Å². The maximum Gasteiger partial charge on any atom is 0.161 e. The van der Waals surface area contributed by atoms with E-state index in [1.165, 1.54) is 0 Å². The second kappa shape index (κ2) is 6.61. The number of ether oxygens (including phenoxy) is 2. The summed E-state index contributed by atoms with van der Waals surface area (Å²) in [5, 5.41) is 10.2. The predicted molar refractivity (Wildman–Crippen MR) is 71.9 cm³/mol. The van der Waals surface area contributed by atoms with Crippen molar-refractivity contribution in [1.82, 2.24) is 0 Å². The molecule has 0 bridgehead atoms. The van der Waals surface area contributed by atoms with Crippen LogP contribution in [0.1, 0.15) is 31.9 Å². The van der Waals surface area contributed by atoms with Crippen LogP contribution in [0.3, 0.4) is 0 Å². The van der Waals surface area contributed by atoms with Crippen LogP contribution in [0.5, 0.6) is 11.5 Å². The minimum atomic E-state index is -0.688. The van der Waals surface area contributed by atoms with Crippen molar-refractivity contribution in [3.63, 3.8) is 0 Å². The Kier molecular flexibility index (Phi) is 5.44. The maximum absolute atomic E-state index is 10.2. The monoisotopic (exact) mass is 253 g/mol. The fourth-order valence-electron chi connectivity index (χ4n) is 1.96. The van der Waals surface area contributed by atoms with Crippen molar-refractivity contribution in [2.75, 3.05) is 14.2 Å². The summed E-state index contributed by atoms with van der Waals surface area (Å²) in [7, 11) is 3.15. The third-order valence-electron chi connectivity index (χ3n) is 2.90. The average Bonchev–Trinajstić information content (AvgIpc) is 2.36. The van der Waals surface area contributed by atoms with E-state index in [2.05, 4.69) is 13.8 Å². The highest BCUT2D eigenvalue weighted by atomic mass is 16.5. The lowest BCUT2D eigenvalue weighted by molar-refractivity contribution is 0.135. The minimum absolute atomic E-state index is 0.275. The first kappa shape index (κ1) is 14.8. The summed E-state index contributed by atoms with van der Waals surface area (Å²) < 4.78 is 10.4. The predicted octanol–water partition coefficient (Wildman–Crippen LogP) is 2.11. The van der Waals surface area contributed by atoms with Crippen molar-refractivity contribution in [2.45, 2.75) is 32.4 Å². The molecule has 0 heterocycles. The van der Waals surface area contributed by atoms with E-state index in [1.807, 2.05) is 6.07 Å². The molecule has 0 radical (unpaired) electrons. The SMILES string of the molecule is COc1ccc(C(O)C(N)CC(C)C)cc1OC. The van der Waals surface area contributed by atoms with Gasteiger partial charge < -0.3 is 20.3 Å². The van der Waals surface area contributed by atoms with Gasteiger partial charge in [-0.2, -0.15) is 0 Å². The molecule has 4 nitrogen and oxygen atoms in total. The van der Waals surface area contributed by atoms with E-state index in [0.717, 1.165) is 12.0 Å². The molecule has 1 aromatic rings. The minimum Gasteiger partial charge on any atom is -0.493 e. The van der Waals surface area contributed by atoms with Gasteiger partial charge in [0.25, 0.3) is 0 Å². The Morgan fingerprint density at radius 3 is 2.28 bits per heavy atom. The number of hydrogen-bond donors (Lipinski definition) is 2. The first-order valence-corrected chi connectivity index (χ1v) is 6.15. The summed E-state index contributed by atoms with van der Waals surface area (Å²) in [6.07, 6.45) is 0.0856. The Morgan fingerprint density at radius 1 is 1.17 bits per heavy atom. The second-order valence-electron chi connectivity index (χ2n) is 4.85. The van der Waals surface area contributed by atoms with E-state index in [-0.39, 0.29) is 6.04 Å². The topological polar surface area (TPSA) is 64.7 Å². The van der Waals surface area contributed by atoms with Gasteiger partial charge >= 0.3 is 0 Å². The normalized spacial score (nSPS) is 14.4. The smallest absolute Gasteiger partial charge is 0.161 e. The molecule has 3 N–H and O–H groups in total. The van der Waals surface area contributed by atoms with Gasteiger partial charge in [-0.15, -0.1) is 0 Å². The summed E-state index contributed by atoms with van der Waals surface area (Å²) in [5.74, 6) is 1.70. The molecule has 0 amide bonds. The highest BCUT2D eigenvalue weighted by molar-refractivity contribution is 5.43. The molecule has 102 valence electrons. The van der Waals surface area contributed by atoms with Crippen LogP contribution in [0, 0.1) is 5.92 Å². The second-order valence-corrected chi connectivity index (χ2v) is 4.85. The summed E-state index contributed by atoms with van der Waals surface area (Å²) >= 11 is 0. The van der Waals surface area contributed by atoms with Gasteiger partial charge in [0.15, 0.2) is 11.5 Å². The summed E-state index contributed by atoms with van der Waals surface area (Å²) in [6, 6.07) is 5.08. The van der Waals surface area contributed by atoms with Gasteiger partial charge in [0.1, 0.15) is 0 Å². The standard InChI is InChI=1S/C14H23NO3/c1-9(2)7-11(15)14(16)10-5-6-12(17-3)13(8-10)18-4/h5-6,8-9,11,14,16H,7,15H2,1-4H3. The number of aliphatic hydroxyl groups excluding tert-OH is 1. The van der Waals surface area contributed by atoms with Gasteiger partial charge in [0, 0.05) is 6.04 Å². The van der Waals surface area contributed by atoms with Crippen LogP contribution >= 0.6 is 0 Å². The Morgan fingerprint density at radius 2 is 1.78 bits per heavy atom. The molecule has 0 saturated carbocycles. The molecule has 1 aromatic carbocycles. The zero-order valence-corrected chi connectivity index (χ0v) is 11.5. The molecule has 0 saturated heterocycles. The molecule has 0 spiro atoms. The van der Waals surface area contributed by atoms with E-state index in [4.69, 9.17) is 15.2 Å². The summed E-state index contributed by atoms with van der Waals surface area (Å²) in [4.78, 5) is 0. The zero-order chi connectivity index (χ0) is 13.7. The number of hydrogen-bond acceptors (Lipinski definition) is 4. The van der Waals surface area contributed by atoms with Crippen molar-refractivity contribution >= 4 is 0 Å². The number of nitrogens with two attached hydrogens (primary N) is 1. The zero-order valence-electron chi connectivity index (χ0n) is 11.5. The Bertz CT molecular complexity index is 379. The van der Waals surface area contributed by atoms with E-state index >= 15 is 0 Å². The average molecular weight is 253 g/mol. The van der Waals surface area contributed by atoms with Crippen LogP contribution in [0.2, 0.25) is 0 Å². The van der Waals surface area contributed by atoms with E-state index in [9.17, 15) is 5.11 Å². The van der Waals surface area contributed by atoms with Crippen molar-refractivity contribution in [3.8, 4) is 11.5 Å². The van der Waals surface area contributed by atoms with Crippen molar-refractivity contribution < 1.29 is 14.6 Å². The van der Waals surface area contributed by atoms with E-state index in [0.29, 0.717) is 17.4 Å². The quantitative estimate of drug-likeness (QED) is 0.815. The molecule has 0 fully saturated rings. The molecule has 2 atom stereocenters. The van der Waals surface area contributed by atoms with Gasteiger partial charge in [-0.25, -0.2) is 0 Å². The number of aliphatic hydroxyl groups is 1. The van der Waals surface area contributed by atoms with Crippen LogP contribution in [-0.2, 0) is 0 Å². The Hall–Kier alpha value is -1.26. The molecule has 1 rings (SSSR count). The lowest BCUT2D eigenvalue weighted by Crippen LogP contribution is -2.29. The molecular weight excluding hydrogens is 230 g/mol. The molecule has 0 aliphatic rings. The largest absolute Gasteiger partial charge is 0.493 e. The van der Waals surface area contributed by atoms with Crippen LogP contribution in [0.25, 0.3) is 0 Å². The lowest BCUT2D eigenvalue weighted by Gasteiger charge is -2.21. The summed E-state index contributed by atoms with van der Waals surface area (Å²) in [6.45, 7) is 4.17. The van der Waals surface area contributed by atoms with Crippen LogP contribution in [-0.4, -0.2) is 25.4 Å². The van der Waals surface area contributed by atoms with Crippen LogP contribution in [0.15, 0.2) is 18.2 Å². The van der Waals surface area contributed by atoms with Gasteiger partial charge in [0.05, 0.1) is 20.3 Å². The molecule has 0 aliphatic heterocycles. The van der Waals surface area contributed by atoms with Gasteiger partial charge in [-0.05, 0) is 30.0 Å². The van der Waals surface area contributed by atoms with Crippen LogP contribution < -0.4 is 15.2 Å². The highest BCUT2D eigenvalue weighted by Gasteiger charge is 2.19. The fraction of sp³-hybridized carbons (Fsp3) is 0.571. The lowest BCUT2D eigenvalue weighted by atomic mass is 9.95. The van der Waals surface area contributed by atoms with E-state index in [1.54, 1.807) is 26.4 Å². The van der Waals surface area contributed by atoms with Gasteiger partial charge in [-0.1, -0.05) is 19.9 Å². The number of rotatable bonds is 6. The highest BCUT2D eigenvalue weighted by Crippen LogP contribution is 2.31. The third-order valence-corrected chi connectivity index (χ3v) is 2.90. The van der Waals surface area contributed by atoms with Crippen molar-refractivity contribution in [2.24, 2.45) is 11.7 Å². The number of benzene rings is 1. The number of methoxy groups -OCH3 is 2. The molecule has 0 aromatic heterocycles.